The van der Waals surface area contributed by atoms with E-state index in [1.165, 1.54) is 6.07 Å². The second kappa shape index (κ2) is 6.62. The first-order chi connectivity index (χ1) is 10.2. The highest BCUT2D eigenvalue weighted by Gasteiger charge is 2.07. The molecule has 0 fully saturated rings. The summed E-state index contributed by atoms with van der Waals surface area (Å²) in [6.45, 7) is 0.378. The summed E-state index contributed by atoms with van der Waals surface area (Å²) in [4.78, 5) is 0. The second-order valence-corrected chi connectivity index (χ2v) is 4.34. The summed E-state index contributed by atoms with van der Waals surface area (Å²) < 4.78 is 24.2. The van der Waals surface area contributed by atoms with Gasteiger partial charge in [0.1, 0.15) is 17.3 Å². The molecule has 2 aromatic carbocycles. The van der Waals surface area contributed by atoms with Gasteiger partial charge < -0.3 is 14.8 Å². The first-order valence-electron chi connectivity index (χ1n) is 6.32. The maximum atomic E-state index is 13.8. The quantitative estimate of drug-likeness (QED) is 0.916. The molecule has 0 unspecified atom stereocenters. The van der Waals surface area contributed by atoms with Gasteiger partial charge in [0, 0.05) is 12.1 Å². The molecule has 0 radical (unpaired) electrons. The summed E-state index contributed by atoms with van der Waals surface area (Å²) in [6, 6.07) is 11.6. The summed E-state index contributed by atoms with van der Waals surface area (Å²) in [5.41, 5.74) is 1.47. The third kappa shape index (κ3) is 3.42. The van der Waals surface area contributed by atoms with Gasteiger partial charge in [-0.1, -0.05) is 0 Å². The number of nitrogens with one attached hydrogen (secondary N) is 1. The van der Waals surface area contributed by atoms with E-state index in [-0.39, 0.29) is 5.56 Å². The molecule has 108 valence electrons. The smallest absolute Gasteiger partial charge is 0.147 e. The Labute approximate surface area is 122 Å². The molecule has 0 aliphatic heterocycles. The van der Waals surface area contributed by atoms with Crippen molar-refractivity contribution in [1.82, 2.24) is 0 Å². The molecule has 4 nitrogen and oxygen atoms in total. The number of halogens is 1. The first kappa shape index (κ1) is 14.7. The van der Waals surface area contributed by atoms with Crippen LogP contribution in [-0.4, -0.2) is 14.2 Å². The van der Waals surface area contributed by atoms with Crippen LogP contribution in [0.25, 0.3) is 0 Å². The zero-order valence-electron chi connectivity index (χ0n) is 11.8. The fourth-order valence-corrected chi connectivity index (χ4v) is 1.94. The van der Waals surface area contributed by atoms with Gasteiger partial charge in [0.25, 0.3) is 0 Å². The molecule has 1 N–H and O–H groups in total. The Morgan fingerprint density at radius 2 is 1.95 bits per heavy atom. The van der Waals surface area contributed by atoms with Crippen LogP contribution in [0.1, 0.15) is 11.1 Å². The number of nitriles is 1. The zero-order valence-corrected chi connectivity index (χ0v) is 11.8. The number of nitrogens with zero attached hydrogens (tertiary/aromatic N) is 1. The Balaban J connectivity index is 2.18. The molecule has 0 spiro atoms. The molecule has 0 aromatic heterocycles. The lowest BCUT2D eigenvalue weighted by Gasteiger charge is -2.12. The fourth-order valence-electron chi connectivity index (χ4n) is 1.94. The lowest BCUT2D eigenvalue weighted by Crippen LogP contribution is -2.04. The maximum Gasteiger partial charge on any atom is 0.147 e. The van der Waals surface area contributed by atoms with Crippen molar-refractivity contribution in [3.05, 3.63) is 53.3 Å². The minimum atomic E-state index is -0.462. The number of rotatable bonds is 5. The number of benzene rings is 2. The SMILES string of the molecule is COc1ccc(OC)c(CNc2ccc(C#N)cc2F)c1. The molecule has 0 amide bonds. The number of ether oxygens (including phenoxy) is 2. The molecular formula is C16H15FN2O2. The average molecular weight is 286 g/mol. The molecule has 0 heterocycles. The standard InChI is InChI=1S/C16H15FN2O2/c1-20-13-4-6-16(21-2)12(8-13)10-19-15-5-3-11(9-18)7-14(15)17/h3-8,19H,10H2,1-2H3. The highest BCUT2D eigenvalue weighted by atomic mass is 19.1. The van der Waals surface area contributed by atoms with E-state index >= 15 is 0 Å². The first-order valence-corrected chi connectivity index (χ1v) is 6.32. The Morgan fingerprint density at radius 3 is 2.57 bits per heavy atom. The number of anilines is 1. The van der Waals surface area contributed by atoms with Gasteiger partial charge in [-0.2, -0.15) is 5.26 Å². The van der Waals surface area contributed by atoms with Crippen LogP contribution in [0.4, 0.5) is 10.1 Å². The van der Waals surface area contributed by atoms with Crippen LogP contribution in [0.2, 0.25) is 0 Å². The molecule has 0 aliphatic rings. The normalized spacial score (nSPS) is 9.81. The minimum Gasteiger partial charge on any atom is -0.497 e. The van der Waals surface area contributed by atoms with Crippen LogP contribution in [0, 0.1) is 17.1 Å². The Bertz CT molecular complexity index is 680. The average Bonchev–Trinajstić information content (AvgIpc) is 2.53. The van der Waals surface area contributed by atoms with Crippen LogP contribution in [0.15, 0.2) is 36.4 Å². The van der Waals surface area contributed by atoms with E-state index in [1.807, 2.05) is 12.1 Å². The van der Waals surface area contributed by atoms with E-state index in [1.54, 1.807) is 38.5 Å². The summed E-state index contributed by atoms with van der Waals surface area (Å²) >= 11 is 0. The van der Waals surface area contributed by atoms with E-state index in [0.717, 1.165) is 5.56 Å². The number of hydrogen-bond donors (Lipinski definition) is 1. The van der Waals surface area contributed by atoms with Crippen LogP contribution in [-0.2, 0) is 6.54 Å². The summed E-state index contributed by atoms with van der Waals surface area (Å²) in [6.07, 6.45) is 0. The van der Waals surface area contributed by atoms with Gasteiger partial charge in [-0.05, 0) is 36.4 Å². The monoisotopic (exact) mass is 286 g/mol. The number of methoxy groups -OCH3 is 2. The van der Waals surface area contributed by atoms with Crippen molar-refractivity contribution in [2.24, 2.45) is 0 Å². The van der Waals surface area contributed by atoms with Crippen molar-refractivity contribution in [3.63, 3.8) is 0 Å². The third-order valence-corrected chi connectivity index (χ3v) is 3.06. The fraction of sp³-hybridized carbons (Fsp3) is 0.188. The molecule has 0 atom stereocenters. The summed E-state index contributed by atoms with van der Waals surface area (Å²) in [5, 5.41) is 11.7. The van der Waals surface area contributed by atoms with E-state index in [2.05, 4.69) is 5.32 Å². The Morgan fingerprint density at radius 1 is 1.14 bits per heavy atom. The van der Waals surface area contributed by atoms with Crippen molar-refractivity contribution < 1.29 is 13.9 Å². The van der Waals surface area contributed by atoms with E-state index < -0.39 is 5.82 Å². The largest absolute Gasteiger partial charge is 0.497 e. The molecule has 0 saturated carbocycles. The Kier molecular flexibility index (Phi) is 4.62. The van der Waals surface area contributed by atoms with Crippen molar-refractivity contribution in [1.29, 1.82) is 5.26 Å². The number of hydrogen-bond acceptors (Lipinski definition) is 4. The molecular weight excluding hydrogens is 271 g/mol. The van der Waals surface area contributed by atoms with Gasteiger partial charge in [0.05, 0.1) is 31.5 Å². The highest BCUT2D eigenvalue weighted by Crippen LogP contribution is 2.25. The molecule has 0 saturated heterocycles. The van der Waals surface area contributed by atoms with Gasteiger partial charge in [-0.25, -0.2) is 4.39 Å². The van der Waals surface area contributed by atoms with Crippen molar-refractivity contribution in [2.45, 2.75) is 6.54 Å². The van der Waals surface area contributed by atoms with E-state index in [9.17, 15) is 4.39 Å². The van der Waals surface area contributed by atoms with Crippen LogP contribution < -0.4 is 14.8 Å². The van der Waals surface area contributed by atoms with Crippen molar-refractivity contribution in [3.8, 4) is 17.6 Å². The molecule has 5 heteroatoms. The molecule has 21 heavy (non-hydrogen) atoms. The molecule has 0 aliphatic carbocycles. The van der Waals surface area contributed by atoms with Gasteiger partial charge in [-0.15, -0.1) is 0 Å². The Hall–Kier alpha value is -2.74. The summed E-state index contributed by atoms with van der Waals surface area (Å²) in [5.74, 6) is 0.932. The predicted molar refractivity (Wildman–Crippen MR) is 78.0 cm³/mol. The van der Waals surface area contributed by atoms with Gasteiger partial charge in [0.2, 0.25) is 0 Å². The van der Waals surface area contributed by atoms with Gasteiger partial charge >= 0.3 is 0 Å². The predicted octanol–water partition coefficient (Wildman–Crippen LogP) is 3.33. The van der Waals surface area contributed by atoms with Crippen LogP contribution >= 0.6 is 0 Å². The van der Waals surface area contributed by atoms with E-state index in [0.29, 0.717) is 23.7 Å². The second-order valence-electron chi connectivity index (χ2n) is 4.34. The lowest BCUT2D eigenvalue weighted by molar-refractivity contribution is 0.399. The van der Waals surface area contributed by atoms with Crippen LogP contribution in [0.5, 0.6) is 11.5 Å². The molecule has 2 rings (SSSR count). The van der Waals surface area contributed by atoms with Crippen molar-refractivity contribution >= 4 is 5.69 Å². The summed E-state index contributed by atoms with van der Waals surface area (Å²) in [7, 11) is 3.16. The third-order valence-electron chi connectivity index (χ3n) is 3.06. The van der Waals surface area contributed by atoms with Crippen molar-refractivity contribution in [2.75, 3.05) is 19.5 Å². The maximum absolute atomic E-state index is 13.8. The van der Waals surface area contributed by atoms with Gasteiger partial charge in [0.15, 0.2) is 0 Å². The van der Waals surface area contributed by atoms with Crippen LogP contribution in [0.3, 0.4) is 0 Å². The lowest BCUT2D eigenvalue weighted by atomic mass is 10.1. The molecule has 2 aromatic rings. The van der Waals surface area contributed by atoms with Gasteiger partial charge in [-0.3, -0.25) is 0 Å². The topological polar surface area (TPSA) is 54.3 Å². The van der Waals surface area contributed by atoms with E-state index in [4.69, 9.17) is 14.7 Å². The zero-order chi connectivity index (χ0) is 15.2. The molecule has 0 bridgehead atoms. The minimum absolute atomic E-state index is 0.289. The highest BCUT2D eigenvalue weighted by molar-refractivity contribution is 5.50.